The van der Waals surface area contributed by atoms with Crippen LogP contribution in [0.25, 0.3) is 0 Å². The minimum atomic E-state index is -4.51. The average Bonchev–Trinajstić information content (AvgIpc) is 2.48. The predicted molar refractivity (Wildman–Crippen MR) is 81.9 cm³/mol. The van der Waals surface area contributed by atoms with Gasteiger partial charge in [-0.1, -0.05) is 24.3 Å². The van der Waals surface area contributed by atoms with Crippen LogP contribution in [0.15, 0.2) is 48.5 Å². The second-order valence-electron chi connectivity index (χ2n) is 4.89. The highest BCUT2D eigenvalue weighted by Crippen LogP contribution is 2.30. The summed E-state index contributed by atoms with van der Waals surface area (Å²) in [4.78, 5) is 22.7. The number of carbonyl (C=O) groups excluding carboxylic acids is 1. The molecule has 24 heavy (non-hydrogen) atoms. The first-order valence-electron chi connectivity index (χ1n) is 6.80. The third-order valence-electron chi connectivity index (χ3n) is 3.06. The Labute approximate surface area is 135 Å². The molecule has 126 valence electrons. The Bertz CT molecular complexity index is 760. The summed E-state index contributed by atoms with van der Waals surface area (Å²) in [6.45, 7) is 0. The lowest BCUT2D eigenvalue weighted by atomic mass is 10.1. The zero-order valence-electron chi connectivity index (χ0n) is 12.2. The van der Waals surface area contributed by atoms with Crippen molar-refractivity contribution in [3.63, 3.8) is 0 Å². The number of hydrogen-bond donors (Lipinski definition) is 3. The zero-order valence-corrected chi connectivity index (χ0v) is 12.2. The lowest BCUT2D eigenvalue weighted by molar-refractivity contribution is -0.138. The fraction of sp³-hybridized carbons (Fsp3) is 0.125. The molecule has 5 nitrogen and oxygen atoms in total. The minimum absolute atomic E-state index is 0.0296. The number of anilines is 2. The summed E-state index contributed by atoms with van der Waals surface area (Å²) in [5, 5.41) is 13.5. The molecule has 2 aromatic carbocycles. The van der Waals surface area contributed by atoms with Crippen molar-refractivity contribution >= 4 is 23.4 Å². The molecule has 0 spiro atoms. The van der Waals surface area contributed by atoms with E-state index in [2.05, 4.69) is 10.6 Å². The molecule has 0 saturated heterocycles. The van der Waals surface area contributed by atoms with Crippen LogP contribution < -0.4 is 10.6 Å². The number of aliphatic carboxylic acids is 1. The highest BCUT2D eigenvalue weighted by Gasteiger charge is 2.30. The van der Waals surface area contributed by atoms with E-state index in [0.717, 1.165) is 12.1 Å². The molecular formula is C16H13F3N2O3. The van der Waals surface area contributed by atoms with E-state index < -0.39 is 23.7 Å². The molecule has 2 rings (SSSR count). The Morgan fingerprint density at radius 1 is 1.00 bits per heavy atom. The normalized spacial score (nSPS) is 11.0. The molecule has 2 aromatic rings. The van der Waals surface area contributed by atoms with Gasteiger partial charge >= 0.3 is 18.2 Å². The molecule has 0 unspecified atom stereocenters. The lowest BCUT2D eigenvalue weighted by Crippen LogP contribution is -2.21. The van der Waals surface area contributed by atoms with Crippen LogP contribution in [0.2, 0.25) is 0 Å². The first kappa shape index (κ1) is 17.3. The smallest absolute Gasteiger partial charge is 0.416 e. The maximum Gasteiger partial charge on any atom is 0.416 e. The number of amides is 2. The van der Waals surface area contributed by atoms with Crippen molar-refractivity contribution in [2.24, 2.45) is 0 Å². The van der Waals surface area contributed by atoms with Crippen molar-refractivity contribution < 1.29 is 27.9 Å². The molecular weight excluding hydrogens is 325 g/mol. The van der Waals surface area contributed by atoms with Crippen LogP contribution in [0.4, 0.5) is 29.3 Å². The first-order chi connectivity index (χ1) is 11.3. The Morgan fingerprint density at radius 3 is 2.38 bits per heavy atom. The van der Waals surface area contributed by atoms with Crippen LogP contribution in [-0.4, -0.2) is 17.1 Å². The van der Waals surface area contributed by atoms with Gasteiger partial charge in [0, 0.05) is 11.4 Å². The van der Waals surface area contributed by atoms with E-state index in [-0.39, 0.29) is 17.8 Å². The summed E-state index contributed by atoms with van der Waals surface area (Å²) in [6, 6.07) is 9.69. The van der Waals surface area contributed by atoms with Crippen molar-refractivity contribution in [1.82, 2.24) is 0 Å². The summed E-state index contributed by atoms with van der Waals surface area (Å²) >= 11 is 0. The summed E-state index contributed by atoms with van der Waals surface area (Å²) in [5.41, 5.74) is -0.266. The van der Waals surface area contributed by atoms with Crippen LogP contribution >= 0.6 is 0 Å². The van der Waals surface area contributed by atoms with Crippen LogP contribution in [0, 0.1) is 0 Å². The van der Waals surface area contributed by atoms with E-state index >= 15 is 0 Å². The number of carbonyl (C=O) groups is 2. The Morgan fingerprint density at radius 2 is 1.71 bits per heavy atom. The van der Waals surface area contributed by atoms with Gasteiger partial charge in [-0.3, -0.25) is 4.79 Å². The second kappa shape index (κ2) is 7.03. The molecule has 0 bridgehead atoms. The highest BCUT2D eigenvalue weighted by molar-refractivity contribution is 6.00. The Balaban J connectivity index is 2.11. The average molecular weight is 338 g/mol. The lowest BCUT2D eigenvalue weighted by Gasteiger charge is -2.12. The maximum absolute atomic E-state index is 12.6. The van der Waals surface area contributed by atoms with Crippen molar-refractivity contribution in [2.45, 2.75) is 12.6 Å². The van der Waals surface area contributed by atoms with Crippen molar-refractivity contribution in [3.8, 4) is 0 Å². The molecule has 0 aliphatic carbocycles. The summed E-state index contributed by atoms with van der Waals surface area (Å²) in [7, 11) is 0. The summed E-state index contributed by atoms with van der Waals surface area (Å²) < 4.78 is 37.9. The number of benzene rings is 2. The molecule has 3 N–H and O–H groups in total. The van der Waals surface area contributed by atoms with Gasteiger partial charge in [-0.15, -0.1) is 0 Å². The number of nitrogens with one attached hydrogen (secondary N) is 2. The minimum Gasteiger partial charge on any atom is -0.481 e. The molecule has 0 radical (unpaired) electrons. The van der Waals surface area contributed by atoms with Gasteiger partial charge in [0.1, 0.15) is 0 Å². The van der Waals surface area contributed by atoms with Crippen LogP contribution in [0.5, 0.6) is 0 Å². The fourth-order valence-corrected chi connectivity index (χ4v) is 2.02. The molecule has 0 atom stereocenters. The quantitative estimate of drug-likeness (QED) is 0.789. The molecule has 0 fully saturated rings. The van der Waals surface area contributed by atoms with E-state index in [4.69, 9.17) is 5.11 Å². The van der Waals surface area contributed by atoms with Crippen molar-refractivity contribution in [2.75, 3.05) is 10.6 Å². The van der Waals surface area contributed by atoms with Crippen LogP contribution in [0.1, 0.15) is 11.1 Å². The van der Waals surface area contributed by atoms with Gasteiger partial charge in [0.05, 0.1) is 12.0 Å². The number of alkyl halides is 3. The number of halogens is 3. The molecule has 0 aromatic heterocycles. The molecule has 0 heterocycles. The summed E-state index contributed by atoms with van der Waals surface area (Å²) in [6.07, 6.45) is -4.80. The van der Waals surface area contributed by atoms with E-state index in [1.165, 1.54) is 24.3 Å². The number of rotatable bonds is 4. The molecule has 0 aliphatic heterocycles. The molecule has 8 heteroatoms. The number of carboxylic acids is 1. The van der Waals surface area contributed by atoms with E-state index in [1.807, 2.05) is 0 Å². The van der Waals surface area contributed by atoms with Crippen molar-refractivity contribution in [3.05, 3.63) is 59.7 Å². The van der Waals surface area contributed by atoms with Crippen molar-refractivity contribution in [1.29, 1.82) is 0 Å². The third-order valence-corrected chi connectivity index (χ3v) is 3.06. The van der Waals surface area contributed by atoms with Gasteiger partial charge in [0.15, 0.2) is 0 Å². The van der Waals surface area contributed by atoms with Gasteiger partial charge in [-0.25, -0.2) is 4.79 Å². The van der Waals surface area contributed by atoms with Gasteiger partial charge in [0.25, 0.3) is 0 Å². The van der Waals surface area contributed by atoms with Gasteiger partial charge in [-0.05, 0) is 29.8 Å². The second-order valence-corrected chi connectivity index (χ2v) is 4.89. The number of hydrogen-bond acceptors (Lipinski definition) is 2. The number of urea groups is 1. The number of carboxylic acid groups (broad SMARTS) is 1. The maximum atomic E-state index is 12.6. The number of para-hydroxylation sites is 1. The van der Waals surface area contributed by atoms with E-state index in [9.17, 15) is 22.8 Å². The molecule has 2 amide bonds. The Kier molecular flexibility index (Phi) is 5.08. The fourth-order valence-electron chi connectivity index (χ4n) is 2.02. The first-order valence-corrected chi connectivity index (χ1v) is 6.80. The molecule has 0 aliphatic rings. The van der Waals surface area contributed by atoms with E-state index in [1.54, 1.807) is 12.1 Å². The van der Waals surface area contributed by atoms with Gasteiger partial charge in [0.2, 0.25) is 0 Å². The third kappa shape index (κ3) is 4.73. The van der Waals surface area contributed by atoms with Gasteiger partial charge < -0.3 is 15.7 Å². The summed E-state index contributed by atoms with van der Waals surface area (Å²) in [5.74, 6) is -1.07. The van der Waals surface area contributed by atoms with Gasteiger partial charge in [-0.2, -0.15) is 13.2 Å². The standard InChI is InChI=1S/C16H13F3N2O3/c17-16(18,19)11-5-3-6-12(9-11)20-15(24)21-13-7-2-1-4-10(13)8-14(22)23/h1-7,9H,8H2,(H,22,23)(H2,20,21,24). The predicted octanol–water partition coefficient (Wildman–Crippen LogP) is 3.98. The Hall–Kier alpha value is -3.03. The zero-order chi connectivity index (χ0) is 17.7. The topological polar surface area (TPSA) is 78.4 Å². The van der Waals surface area contributed by atoms with Crippen LogP contribution in [-0.2, 0) is 17.4 Å². The SMILES string of the molecule is O=C(O)Cc1ccccc1NC(=O)Nc1cccc(C(F)(F)F)c1. The van der Waals surface area contributed by atoms with Crippen LogP contribution in [0.3, 0.4) is 0 Å². The van der Waals surface area contributed by atoms with E-state index in [0.29, 0.717) is 5.56 Å². The molecule has 0 saturated carbocycles. The highest BCUT2D eigenvalue weighted by atomic mass is 19.4. The monoisotopic (exact) mass is 338 g/mol. The largest absolute Gasteiger partial charge is 0.481 e.